The van der Waals surface area contributed by atoms with Crippen LogP contribution in [0.3, 0.4) is 0 Å². The highest BCUT2D eigenvalue weighted by atomic mass is 16.2. The summed E-state index contributed by atoms with van der Waals surface area (Å²) in [6.45, 7) is 3.87. The van der Waals surface area contributed by atoms with Gasteiger partial charge in [0.05, 0.1) is 0 Å². The van der Waals surface area contributed by atoms with Crippen molar-refractivity contribution in [2.24, 2.45) is 5.10 Å². The molecule has 1 amide bonds. The Bertz CT molecular complexity index is 330. The topological polar surface area (TPSA) is 41.5 Å². The lowest BCUT2D eigenvalue weighted by Crippen LogP contribution is -2.18. The molecule has 0 atom stereocenters. The van der Waals surface area contributed by atoms with Gasteiger partial charge in [-0.1, -0.05) is 25.1 Å². The lowest BCUT2D eigenvalue weighted by Gasteiger charge is -2.00. The largest absolute Gasteiger partial charge is 0.271 e. The quantitative estimate of drug-likeness (QED) is 0.576. The van der Waals surface area contributed by atoms with Crippen LogP contribution in [-0.4, -0.2) is 11.6 Å². The molecule has 74 valence electrons. The number of hydrogen-bond donors (Lipinski definition) is 1. The molecule has 0 heterocycles. The Morgan fingerprint density at radius 2 is 2.00 bits per heavy atom. The summed E-state index contributed by atoms with van der Waals surface area (Å²) >= 11 is 0. The SMILES string of the molecule is CC/C(C)=N\NC(=O)c1ccccc1. The van der Waals surface area contributed by atoms with Crippen molar-refractivity contribution in [3.63, 3.8) is 0 Å². The van der Waals surface area contributed by atoms with Crippen molar-refractivity contribution in [1.29, 1.82) is 0 Å². The zero-order valence-corrected chi connectivity index (χ0v) is 8.45. The molecule has 0 aromatic heterocycles. The van der Waals surface area contributed by atoms with E-state index in [-0.39, 0.29) is 5.91 Å². The second-order valence-corrected chi connectivity index (χ2v) is 3.01. The second kappa shape index (κ2) is 5.17. The highest BCUT2D eigenvalue weighted by molar-refractivity contribution is 5.95. The molecule has 1 aromatic rings. The van der Waals surface area contributed by atoms with Crippen LogP contribution in [0, 0.1) is 0 Å². The Kier molecular flexibility index (Phi) is 3.85. The molecule has 0 saturated carbocycles. The summed E-state index contributed by atoms with van der Waals surface area (Å²) < 4.78 is 0. The molecule has 0 spiro atoms. The molecule has 0 saturated heterocycles. The molecule has 3 nitrogen and oxygen atoms in total. The number of hydrogen-bond acceptors (Lipinski definition) is 2. The first kappa shape index (κ1) is 10.4. The second-order valence-electron chi connectivity index (χ2n) is 3.01. The van der Waals surface area contributed by atoms with Crippen molar-refractivity contribution in [3.05, 3.63) is 35.9 Å². The number of amides is 1. The third-order valence-corrected chi connectivity index (χ3v) is 1.90. The summed E-state index contributed by atoms with van der Waals surface area (Å²) in [4.78, 5) is 11.4. The van der Waals surface area contributed by atoms with Gasteiger partial charge in [0, 0.05) is 11.3 Å². The van der Waals surface area contributed by atoms with Crippen LogP contribution in [-0.2, 0) is 0 Å². The van der Waals surface area contributed by atoms with Crippen LogP contribution in [0.4, 0.5) is 0 Å². The van der Waals surface area contributed by atoms with E-state index in [2.05, 4.69) is 10.5 Å². The number of benzene rings is 1. The van der Waals surface area contributed by atoms with Gasteiger partial charge in [-0.25, -0.2) is 5.43 Å². The maximum absolute atomic E-state index is 11.4. The fourth-order valence-electron chi connectivity index (χ4n) is 0.879. The molecular weight excluding hydrogens is 176 g/mol. The molecule has 0 fully saturated rings. The average Bonchev–Trinajstić information content (AvgIpc) is 2.26. The molecule has 1 N–H and O–H groups in total. The minimum Gasteiger partial charge on any atom is -0.267 e. The van der Waals surface area contributed by atoms with E-state index >= 15 is 0 Å². The van der Waals surface area contributed by atoms with E-state index in [0.29, 0.717) is 5.56 Å². The zero-order chi connectivity index (χ0) is 10.4. The normalized spacial score (nSPS) is 11.1. The van der Waals surface area contributed by atoms with Crippen molar-refractivity contribution in [2.75, 3.05) is 0 Å². The maximum atomic E-state index is 11.4. The van der Waals surface area contributed by atoms with Crippen LogP contribution in [0.2, 0.25) is 0 Å². The molecule has 0 aliphatic carbocycles. The van der Waals surface area contributed by atoms with Gasteiger partial charge in [-0.3, -0.25) is 4.79 Å². The summed E-state index contributed by atoms with van der Waals surface area (Å²) in [5, 5.41) is 3.94. The van der Waals surface area contributed by atoms with Crippen molar-refractivity contribution < 1.29 is 4.79 Å². The Balaban J connectivity index is 2.60. The Hall–Kier alpha value is -1.64. The summed E-state index contributed by atoms with van der Waals surface area (Å²) in [7, 11) is 0. The monoisotopic (exact) mass is 190 g/mol. The summed E-state index contributed by atoms with van der Waals surface area (Å²) in [6, 6.07) is 9.03. The molecule has 1 aromatic carbocycles. The standard InChI is InChI=1S/C11H14N2O/c1-3-9(2)12-13-11(14)10-7-5-4-6-8-10/h4-8H,3H2,1-2H3,(H,13,14)/b12-9-. The van der Waals surface area contributed by atoms with Crippen LogP contribution >= 0.6 is 0 Å². The number of carbonyl (C=O) groups is 1. The number of hydrazone groups is 1. The van der Waals surface area contributed by atoms with Crippen molar-refractivity contribution in [2.45, 2.75) is 20.3 Å². The van der Waals surface area contributed by atoms with E-state index in [9.17, 15) is 4.79 Å². The number of rotatable bonds is 3. The molecule has 14 heavy (non-hydrogen) atoms. The van der Waals surface area contributed by atoms with Gasteiger partial charge in [0.25, 0.3) is 5.91 Å². The van der Waals surface area contributed by atoms with Crippen molar-refractivity contribution in [1.82, 2.24) is 5.43 Å². The van der Waals surface area contributed by atoms with Crippen LogP contribution in [0.1, 0.15) is 30.6 Å². The minimum atomic E-state index is -0.168. The fourth-order valence-corrected chi connectivity index (χ4v) is 0.879. The zero-order valence-electron chi connectivity index (χ0n) is 8.45. The first-order valence-electron chi connectivity index (χ1n) is 4.62. The predicted molar refractivity (Wildman–Crippen MR) is 57.3 cm³/mol. The Morgan fingerprint density at radius 1 is 1.36 bits per heavy atom. The van der Waals surface area contributed by atoms with E-state index in [0.717, 1.165) is 12.1 Å². The van der Waals surface area contributed by atoms with E-state index < -0.39 is 0 Å². The van der Waals surface area contributed by atoms with Gasteiger partial charge in [0.1, 0.15) is 0 Å². The third-order valence-electron chi connectivity index (χ3n) is 1.90. The molecule has 0 aliphatic rings. The average molecular weight is 190 g/mol. The first-order valence-corrected chi connectivity index (χ1v) is 4.62. The molecule has 3 heteroatoms. The van der Waals surface area contributed by atoms with Gasteiger partial charge in [-0.15, -0.1) is 0 Å². The third kappa shape index (κ3) is 3.01. The summed E-state index contributed by atoms with van der Waals surface area (Å²) in [5.41, 5.74) is 4.04. The summed E-state index contributed by atoms with van der Waals surface area (Å²) in [5.74, 6) is -0.168. The van der Waals surface area contributed by atoms with Crippen LogP contribution in [0.25, 0.3) is 0 Å². The van der Waals surface area contributed by atoms with Crippen molar-refractivity contribution >= 4 is 11.6 Å². The molecule has 0 unspecified atom stereocenters. The lowest BCUT2D eigenvalue weighted by molar-refractivity contribution is 0.0954. The molecule has 0 radical (unpaired) electrons. The minimum absolute atomic E-state index is 0.168. The highest BCUT2D eigenvalue weighted by Crippen LogP contribution is 1.97. The number of nitrogens with one attached hydrogen (secondary N) is 1. The molecule has 1 rings (SSSR count). The smallest absolute Gasteiger partial charge is 0.267 e. The van der Waals surface area contributed by atoms with Gasteiger partial charge < -0.3 is 0 Å². The van der Waals surface area contributed by atoms with Crippen LogP contribution < -0.4 is 5.43 Å². The van der Waals surface area contributed by atoms with Gasteiger partial charge in [-0.2, -0.15) is 5.10 Å². The number of nitrogens with zero attached hydrogens (tertiary/aromatic N) is 1. The number of carbonyl (C=O) groups excluding carboxylic acids is 1. The molecule has 0 aliphatic heterocycles. The van der Waals surface area contributed by atoms with Crippen LogP contribution in [0.15, 0.2) is 35.4 Å². The van der Waals surface area contributed by atoms with Crippen molar-refractivity contribution in [3.8, 4) is 0 Å². The molecule has 0 bridgehead atoms. The predicted octanol–water partition coefficient (Wildman–Crippen LogP) is 2.20. The molecular formula is C11H14N2O. The van der Waals surface area contributed by atoms with Gasteiger partial charge in [0.15, 0.2) is 0 Å². The van der Waals surface area contributed by atoms with Gasteiger partial charge in [0.2, 0.25) is 0 Å². The fraction of sp³-hybridized carbons (Fsp3) is 0.273. The van der Waals surface area contributed by atoms with E-state index in [1.807, 2.05) is 32.0 Å². The van der Waals surface area contributed by atoms with Crippen LogP contribution in [0.5, 0.6) is 0 Å². The van der Waals surface area contributed by atoms with Gasteiger partial charge in [-0.05, 0) is 25.5 Å². The summed E-state index contributed by atoms with van der Waals surface area (Å²) in [6.07, 6.45) is 0.842. The Labute approximate surface area is 83.8 Å². The first-order chi connectivity index (χ1) is 6.74. The van der Waals surface area contributed by atoms with Gasteiger partial charge >= 0.3 is 0 Å². The Morgan fingerprint density at radius 3 is 2.57 bits per heavy atom. The maximum Gasteiger partial charge on any atom is 0.271 e. The highest BCUT2D eigenvalue weighted by Gasteiger charge is 2.01. The van der Waals surface area contributed by atoms with E-state index in [1.54, 1.807) is 12.1 Å². The lowest BCUT2D eigenvalue weighted by atomic mass is 10.2. The van der Waals surface area contributed by atoms with E-state index in [4.69, 9.17) is 0 Å². The van der Waals surface area contributed by atoms with E-state index in [1.165, 1.54) is 0 Å².